The van der Waals surface area contributed by atoms with Crippen molar-refractivity contribution in [2.75, 3.05) is 26.4 Å². The van der Waals surface area contributed by atoms with Gasteiger partial charge in [0.2, 0.25) is 0 Å². The van der Waals surface area contributed by atoms with Gasteiger partial charge in [0, 0.05) is 27.7 Å². The lowest BCUT2D eigenvalue weighted by molar-refractivity contribution is -0.143. The molecule has 2 unspecified atom stereocenters. The summed E-state index contributed by atoms with van der Waals surface area (Å²) in [6, 6.07) is 14.9. The molecule has 0 spiro atoms. The van der Waals surface area contributed by atoms with E-state index in [1.165, 1.54) is 13.8 Å². The van der Waals surface area contributed by atoms with Gasteiger partial charge in [-0.1, -0.05) is 63.4 Å². The Hall–Kier alpha value is -3.62. The van der Waals surface area contributed by atoms with Crippen LogP contribution < -0.4 is 9.47 Å². The molecular weight excluding hydrogens is 476 g/mol. The number of aliphatic hydroxyl groups is 2. The van der Waals surface area contributed by atoms with Gasteiger partial charge < -0.3 is 29.2 Å². The van der Waals surface area contributed by atoms with Gasteiger partial charge in [-0.25, -0.2) is 9.59 Å². The van der Waals surface area contributed by atoms with Crippen LogP contribution in [0.4, 0.5) is 0 Å². The maximum atomic E-state index is 11.6. The smallest absolute Gasteiger partial charge is 0.333 e. The Balaban J connectivity index is 2.13. The summed E-state index contributed by atoms with van der Waals surface area (Å²) in [5.74, 6) is -0.0359. The summed E-state index contributed by atoms with van der Waals surface area (Å²) in [5, 5.41) is 20.4. The van der Waals surface area contributed by atoms with Crippen LogP contribution in [0, 0.1) is 0 Å². The Kier molecular flexibility index (Phi) is 10.9. The van der Waals surface area contributed by atoms with E-state index in [1.807, 2.05) is 50.2 Å². The van der Waals surface area contributed by atoms with Gasteiger partial charge >= 0.3 is 11.9 Å². The molecule has 0 saturated carbocycles. The number of hydrogen-bond donors (Lipinski definition) is 2. The summed E-state index contributed by atoms with van der Waals surface area (Å²) < 4.78 is 21.8. The summed E-state index contributed by atoms with van der Waals surface area (Å²) in [6.45, 7) is 13.5. The molecule has 0 amide bonds. The van der Waals surface area contributed by atoms with Crippen LogP contribution in [0.1, 0.15) is 38.8 Å². The Morgan fingerprint density at radius 3 is 1.43 bits per heavy atom. The van der Waals surface area contributed by atoms with Crippen molar-refractivity contribution in [3.8, 4) is 11.5 Å². The molecule has 2 aromatic carbocycles. The minimum atomic E-state index is -1.02. The predicted molar refractivity (Wildman–Crippen MR) is 140 cm³/mol. The number of aliphatic hydroxyl groups excluding tert-OH is 2. The predicted octanol–water partition coefficient (Wildman–Crippen LogP) is 3.73. The van der Waals surface area contributed by atoms with Crippen molar-refractivity contribution in [3.05, 3.63) is 84.0 Å². The topological polar surface area (TPSA) is 112 Å². The number of hydrogen-bond acceptors (Lipinski definition) is 8. The molecule has 0 aromatic heterocycles. The minimum Gasteiger partial charge on any atom is -0.490 e. The largest absolute Gasteiger partial charge is 0.490 e. The first-order valence-electron chi connectivity index (χ1n) is 11.9. The van der Waals surface area contributed by atoms with Crippen molar-refractivity contribution < 1.29 is 38.7 Å². The number of carbonyl (C=O) groups is 2. The molecule has 2 rings (SSSR count). The highest BCUT2D eigenvalue weighted by atomic mass is 16.6. The van der Waals surface area contributed by atoms with Gasteiger partial charge in [0.05, 0.1) is 0 Å². The molecule has 0 aliphatic carbocycles. The zero-order valence-electron chi connectivity index (χ0n) is 21.9. The van der Waals surface area contributed by atoms with Gasteiger partial charge in [-0.05, 0) is 26.0 Å². The first-order chi connectivity index (χ1) is 17.4. The van der Waals surface area contributed by atoms with Gasteiger partial charge in [-0.3, -0.25) is 0 Å². The van der Waals surface area contributed by atoms with Crippen molar-refractivity contribution in [3.63, 3.8) is 0 Å². The highest BCUT2D eigenvalue weighted by molar-refractivity contribution is 5.87. The van der Waals surface area contributed by atoms with E-state index in [2.05, 4.69) is 13.2 Å². The number of para-hydroxylation sites is 2. The molecule has 2 atom stereocenters. The Bertz CT molecular complexity index is 1020. The van der Waals surface area contributed by atoms with Gasteiger partial charge in [0.15, 0.2) is 0 Å². The van der Waals surface area contributed by atoms with Crippen LogP contribution in [0.2, 0.25) is 0 Å². The van der Waals surface area contributed by atoms with E-state index in [1.54, 1.807) is 12.1 Å². The van der Waals surface area contributed by atoms with E-state index >= 15 is 0 Å². The third-order valence-corrected chi connectivity index (χ3v) is 5.49. The molecule has 0 aliphatic rings. The van der Waals surface area contributed by atoms with Crippen molar-refractivity contribution in [2.45, 2.75) is 45.3 Å². The quantitative estimate of drug-likeness (QED) is 0.291. The minimum absolute atomic E-state index is 0.0796. The lowest BCUT2D eigenvalue weighted by atomic mass is 9.77. The van der Waals surface area contributed by atoms with Gasteiger partial charge in [0.25, 0.3) is 0 Å². The fourth-order valence-corrected chi connectivity index (χ4v) is 3.42. The molecule has 0 aliphatic heterocycles. The van der Waals surface area contributed by atoms with Crippen molar-refractivity contribution in [2.24, 2.45) is 0 Å². The van der Waals surface area contributed by atoms with Crippen LogP contribution >= 0.6 is 0 Å². The SMILES string of the molecule is C=C(C)C(=O)OCC(O)COc1ccccc1C(C)(C)c1ccccc1OCC(O)COC(=O)C(=C)C. The van der Waals surface area contributed by atoms with Crippen LogP contribution in [-0.4, -0.2) is 60.8 Å². The fraction of sp³-hybridized carbons (Fsp3) is 0.379. The molecule has 200 valence electrons. The number of benzene rings is 2. The molecule has 0 saturated heterocycles. The van der Waals surface area contributed by atoms with Crippen LogP contribution in [0.25, 0.3) is 0 Å². The number of ether oxygens (including phenoxy) is 4. The molecular formula is C29H36O8. The summed E-state index contributed by atoms with van der Waals surface area (Å²) in [4.78, 5) is 23.1. The van der Waals surface area contributed by atoms with Gasteiger partial charge in [-0.15, -0.1) is 0 Å². The lowest BCUT2D eigenvalue weighted by Gasteiger charge is -2.30. The average Bonchev–Trinajstić information content (AvgIpc) is 2.87. The molecule has 0 bridgehead atoms. The second-order valence-corrected chi connectivity index (χ2v) is 9.30. The van der Waals surface area contributed by atoms with Gasteiger partial charge in [0.1, 0.15) is 50.1 Å². The van der Waals surface area contributed by atoms with Crippen LogP contribution in [-0.2, 0) is 24.5 Å². The molecule has 8 heteroatoms. The highest BCUT2D eigenvalue weighted by Gasteiger charge is 2.30. The van der Waals surface area contributed by atoms with Crippen molar-refractivity contribution in [1.82, 2.24) is 0 Å². The third kappa shape index (κ3) is 8.77. The number of carbonyl (C=O) groups excluding carboxylic acids is 2. The van der Waals surface area contributed by atoms with Crippen LogP contribution in [0.5, 0.6) is 11.5 Å². The second-order valence-electron chi connectivity index (χ2n) is 9.30. The Morgan fingerprint density at radius 1 is 0.730 bits per heavy atom. The van der Waals surface area contributed by atoms with E-state index in [9.17, 15) is 19.8 Å². The van der Waals surface area contributed by atoms with E-state index in [4.69, 9.17) is 18.9 Å². The van der Waals surface area contributed by atoms with E-state index in [0.717, 1.165) is 11.1 Å². The number of rotatable bonds is 14. The zero-order valence-corrected chi connectivity index (χ0v) is 21.9. The standard InChI is InChI=1S/C29H36O8/c1-19(2)27(32)36-17-21(30)15-34-25-13-9-7-11-23(25)29(5,6)24-12-8-10-14-26(24)35-16-22(31)18-37-28(33)20(3)4/h7-14,21-22,30-31H,1,3,15-18H2,2,4-6H3. The maximum absolute atomic E-state index is 11.6. The van der Waals surface area contributed by atoms with Crippen LogP contribution in [0.15, 0.2) is 72.8 Å². The maximum Gasteiger partial charge on any atom is 0.333 e. The normalized spacial score (nSPS) is 12.7. The van der Waals surface area contributed by atoms with Crippen molar-refractivity contribution in [1.29, 1.82) is 0 Å². The molecule has 0 heterocycles. The summed E-state index contributed by atoms with van der Waals surface area (Å²) in [6.07, 6.45) is -2.04. The lowest BCUT2D eigenvalue weighted by Crippen LogP contribution is -2.28. The van der Waals surface area contributed by atoms with Gasteiger partial charge in [-0.2, -0.15) is 0 Å². The molecule has 0 radical (unpaired) electrons. The van der Waals surface area contributed by atoms with E-state index in [0.29, 0.717) is 11.5 Å². The van der Waals surface area contributed by atoms with E-state index in [-0.39, 0.29) is 37.6 Å². The number of esters is 2. The molecule has 2 N–H and O–H groups in total. The zero-order chi connectivity index (χ0) is 27.6. The highest BCUT2D eigenvalue weighted by Crippen LogP contribution is 2.41. The first-order valence-corrected chi connectivity index (χ1v) is 11.9. The third-order valence-electron chi connectivity index (χ3n) is 5.49. The van der Waals surface area contributed by atoms with Crippen molar-refractivity contribution >= 4 is 11.9 Å². The fourth-order valence-electron chi connectivity index (χ4n) is 3.42. The summed E-state index contributed by atoms with van der Waals surface area (Å²) in [7, 11) is 0. The molecule has 37 heavy (non-hydrogen) atoms. The monoisotopic (exact) mass is 512 g/mol. The summed E-state index contributed by atoms with van der Waals surface area (Å²) >= 11 is 0. The Labute approximate surface area is 218 Å². The first kappa shape index (κ1) is 29.6. The second kappa shape index (κ2) is 13.6. The van der Waals surface area contributed by atoms with E-state index < -0.39 is 29.6 Å². The molecule has 8 nitrogen and oxygen atoms in total. The van der Waals surface area contributed by atoms with Crippen LogP contribution in [0.3, 0.4) is 0 Å². The summed E-state index contributed by atoms with van der Waals surface area (Å²) in [5.41, 5.74) is 1.59. The Morgan fingerprint density at radius 2 is 1.08 bits per heavy atom. The molecule has 2 aromatic rings. The average molecular weight is 513 g/mol. The molecule has 0 fully saturated rings.